The molecule has 0 radical (unpaired) electrons. The van der Waals surface area contributed by atoms with E-state index in [1.807, 2.05) is 0 Å². The first kappa shape index (κ1) is 12.4. The Labute approximate surface area is 113 Å². The molecule has 0 spiro atoms. The summed E-state index contributed by atoms with van der Waals surface area (Å²) in [5.74, 6) is 0. The van der Waals surface area contributed by atoms with Gasteiger partial charge in [0.1, 0.15) is 0 Å². The second-order valence-corrected chi connectivity index (χ2v) is 5.02. The van der Waals surface area contributed by atoms with Crippen molar-refractivity contribution in [3.63, 3.8) is 0 Å². The molecule has 0 bridgehead atoms. The summed E-state index contributed by atoms with van der Waals surface area (Å²) < 4.78 is 6.53. The maximum absolute atomic E-state index is 12.5. The number of hydrogen-bond donors (Lipinski definition) is 1. The van der Waals surface area contributed by atoms with Crippen LogP contribution in [0.4, 0.5) is 0 Å². The molecule has 1 aliphatic heterocycles. The van der Waals surface area contributed by atoms with Crippen molar-refractivity contribution in [1.29, 1.82) is 0 Å². The molecule has 1 saturated heterocycles. The highest BCUT2D eigenvalue weighted by atomic mass is 35.5. The summed E-state index contributed by atoms with van der Waals surface area (Å²) in [6.45, 7) is 1.13. The maximum Gasteiger partial charge on any atom is 0.329 e. The van der Waals surface area contributed by atoms with Crippen molar-refractivity contribution < 1.29 is 4.74 Å². The lowest BCUT2D eigenvalue weighted by Crippen LogP contribution is -2.40. The van der Waals surface area contributed by atoms with Crippen molar-refractivity contribution in [1.82, 2.24) is 9.55 Å². The quantitative estimate of drug-likeness (QED) is 0.865. The topological polar surface area (TPSA) is 64.1 Å². The summed E-state index contributed by atoms with van der Waals surface area (Å²) >= 11 is 6.07. The fraction of sp³-hybridized carbons (Fsp3) is 0.385. The summed E-state index contributed by atoms with van der Waals surface area (Å²) in [5.41, 5.74) is -0.228. The molecule has 0 unspecified atom stereocenters. The summed E-state index contributed by atoms with van der Waals surface area (Å²) in [5, 5.41) is 0.731. The third-order valence-electron chi connectivity index (χ3n) is 3.46. The number of ether oxygens (including phenoxy) is 1. The summed E-state index contributed by atoms with van der Waals surface area (Å²) in [7, 11) is 0. The first-order chi connectivity index (χ1) is 9.18. The predicted octanol–water partition coefficient (Wildman–Crippen LogP) is 1.69. The molecular weight excluding hydrogens is 268 g/mol. The zero-order valence-corrected chi connectivity index (χ0v) is 10.9. The summed E-state index contributed by atoms with van der Waals surface area (Å²) in [4.78, 5) is 27.3. The number of halogens is 1. The Morgan fingerprint density at radius 3 is 2.74 bits per heavy atom. The number of aromatic amines is 1. The van der Waals surface area contributed by atoms with Gasteiger partial charge in [0.15, 0.2) is 0 Å². The predicted molar refractivity (Wildman–Crippen MR) is 72.9 cm³/mol. The minimum Gasteiger partial charge on any atom is -0.381 e. The number of nitrogens with zero attached hydrogens (tertiary/aromatic N) is 1. The molecule has 1 aromatic carbocycles. The highest BCUT2D eigenvalue weighted by molar-refractivity contribution is 6.35. The van der Waals surface area contributed by atoms with Crippen LogP contribution in [0, 0.1) is 0 Å². The molecule has 1 fully saturated rings. The van der Waals surface area contributed by atoms with Crippen LogP contribution >= 0.6 is 11.6 Å². The van der Waals surface area contributed by atoms with Crippen molar-refractivity contribution in [2.45, 2.75) is 18.9 Å². The first-order valence-corrected chi connectivity index (χ1v) is 6.57. The number of H-pyrrole nitrogens is 1. The van der Waals surface area contributed by atoms with Crippen molar-refractivity contribution in [3.05, 3.63) is 44.1 Å². The highest BCUT2D eigenvalue weighted by Crippen LogP contribution is 2.20. The molecule has 2 heterocycles. The van der Waals surface area contributed by atoms with Crippen molar-refractivity contribution in [2.75, 3.05) is 13.2 Å². The van der Waals surface area contributed by atoms with Crippen molar-refractivity contribution in [3.8, 4) is 0 Å². The first-order valence-electron chi connectivity index (χ1n) is 6.19. The molecule has 0 aliphatic carbocycles. The van der Waals surface area contributed by atoms with E-state index in [-0.39, 0.29) is 17.3 Å². The van der Waals surface area contributed by atoms with E-state index in [0.29, 0.717) is 42.0 Å². The van der Waals surface area contributed by atoms with E-state index in [0.717, 1.165) is 0 Å². The van der Waals surface area contributed by atoms with E-state index >= 15 is 0 Å². The molecule has 1 aliphatic rings. The Kier molecular flexibility index (Phi) is 3.16. The lowest BCUT2D eigenvalue weighted by atomic mass is 10.1. The third kappa shape index (κ3) is 2.09. The molecule has 1 N–H and O–H groups in total. The summed E-state index contributed by atoms with van der Waals surface area (Å²) in [6.07, 6.45) is 1.33. The number of hydrogen-bond acceptors (Lipinski definition) is 3. The minimum atomic E-state index is -0.383. The Bertz CT molecular complexity index is 729. The van der Waals surface area contributed by atoms with Crippen LogP contribution < -0.4 is 11.2 Å². The van der Waals surface area contributed by atoms with Crippen LogP contribution in [0.3, 0.4) is 0 Å². The van der Waals surface area contributed by atoms with Gasteiger partial charge >= 0.3 is 5.69 Å². The average Bonchev–Trinajstić information content (AvgIpc) is 2.39. The Balaban J connectivity index is 2.27. The van der Waals surface area contributed by atoms with E-state index in [2.05, 4.69) is 4.98 Å². The Hall–Kier alpha value is -1.59. The fourth-order valence-electron chi connectivity index (χ4n) is 2.51. The third-order valence-corrected chi connectivity index (χ3v) is 3.78. The molecule has 6 heteroatoms. The normalized spacial score (nSPS) is 16.9. The minimum absolute atomic E-state index is 0.120. The van der Waals surface area contributed by atoms with E-state index in [1.165, 1.54) is 4.57 Å². The standard InChI is InChI=1S/C13H13ClN2O3/c14-9-2-1-3-10-11(9)12(17)16(13(18)15-10)8-4-6-19-7-5-8/h1-3,8H,4-7H2,(H,15,18). The van der Waals surface area contributed by atoms with E-state index in [1.54, 1.807) is 18.2 Å². The van der Waals surface area contributed by atoms with Gasteiger partial charge in [0, 0.05) is 19.3 Å². The van der Waals surface area contributed by atoms with Gasteiger partial charge in [-0.3, -0.25) is 9.36 Å². The van der Waals surface area contributed by atoms with E-state index in [4.69, 9.17) is 16.3 Å². The largest absolute Gasteiger partial charge is 0.381 e. The number of aromatic nitrogens is 2. The second-order valence-electron chi connectivity index (χ2n) is 4.61. The maximum atomic E-state index is 12.5. The van der Waals surface area contributed by atoms with Gasteiger partial charge in [0.05, 0.1) is 15.9 Å². The second kappa shape index (κ2) is 4.83. The van der Waals surface area contributed by atoms with Gasteiger partial charge in [0.2, 0.25) is 0 Å². The number of nitrogens with one attached hydrogen (secondary N) is 1. The molecule has 3 rings (SSSR count). The van der Waals surface area contributed by atoms with Crippen LogP contribution in [-0.4, -0.2) is 22.8 Å². The monoisotopic (exact) mass is 280 g/mol. The van der Waals surface area contributed by atoms with Gasteiger partial charge < -0.3 is 9.72 Å². The zero-order chi connectivity index (χ0) is 13.4. The zero-order valence-electron chi connectivity index (χ0n) is 10.2. The van der Waals surface area contributed by atoms with Gasteiger partial charge in [-0.2, -0.15) is 0 Å². The smallest absolute Gasteiger partial charge is 0.329 e. The lowest BCUT2D eigenvalue weighted by molar-refractivity contribution is 0.0676. The lowest BCUT2D eigenvalue weighted by Gasteiger charge is -2.23. The number of rotatable bonds is 1. The van der Waals surface area contributed by atoms with Crippen LogP contribution in [0.2, 0.25) is 5.02 Å². The molecule has 19 heavy (non-hydrogen) atoms. The molecule has 0 saturated carbocycles. The molecule has 2 aromatic rings. The molecule has 100 valence electrons. The van der Waals surface area contributed by atoms with Gasteiger partial charge in [-0.1, -0.05) is 17.7 Å². The average molecular weight is 281 g/mol. The van der Waals surface area contributed by atoms with E-state index in [9.17, 15) is 9.59 Å². The van der Waals surface area contributed by atoms with Crippen LogP contribution in [0.25, 0.3) is 10.9 Å². The fourth-order valence-corrected chi connectivity index (χ4v) is 2.76. The van der Waals surface area contributed by atoms with Crippen molar-refractivity contribution in [2.24, 2.45) is 0 Å². The van der Waals surface area contributed by atoms with Gasteiger partial charge in [-0.15, -0.1) is 0 Å². The number of benzene rings is 1. The number of fused-ring (bicyclic) bond motifs is 1. The molecule has 0 amide bonds. The van der Waals surface area contributed by atoms with Crippen LogP contribution in [0.15, 0.2) is 27.8 Å². The van der Waals surface area contributed by atoms with E-state index < -0.39 is 0 Å². The Morgan fingerprint density at radius 1 is 1.26 bits per heavy atom. The van der Waals surface area contributed by atoms with Crippen LogP contribution in [0.1, 0.15) is 18.9 Å². The van der Waals surface area contributed by atoms with Gasteiger partial charge in [0.25, 0.3) is 5.56 Å². The molecular formula is C13H13ClN2O3. The Morgan fingerprint density at radius 2 is 2.00 bits per heavy atom. The molecule has 1 aromatic heterocycles. The van der Waals surface area contributed by atoms with Crippen LogP contribution in [-0.2, 0) is 4.74 Å². The SMILES string of the molecule is O=c1[nH]c2cccc(Cl)c2c(=O)n1C1CCOCC1. The van der Waals surface area contributed by atoms with Gasteiger partial charge in [-0.25, -0.2) is 4.79 Å². The highest BCUT2D eigenvalue weighted by Gasteiger charge is 2.21. The molecule has 5 nitrogen and oxygen atoms in total. The molecule has 0 atom stereocenters. The van der Waals surface area contributed by atoms with Crippen molar-refractivity contribution >= 4 is 22.5 Å². The van der Waals surface area contributed by atoms with Crippen LogP contribution in [0.5, 0.6) is 0 Å². The summed E-state index contributed by atoms with van der Waals surface area (Å²) in [6, 6.07) is 4.92. The van der Waals surface area contributed by atoms with Gasteiger partial charge in [-0.05, 0) is 25.0 Å².